The maximum absolute atomic E-state index is 11.1. The average molecular weight is 224 g/mol. The van der Waals surface area contributed by atoms with Crippen LogP contribution >= 0.6 is 0 Å². The lowest BCUT2D eigenvalue weighted by molar-refractivity contribution is -0.148. The van der Waals surface area contributed by atoms with E-state index in [4.69, 9.17) is 9.84 Å². The fourth-order valence-corrected chi connectivity index (χ4v) is 1.29. The van der Waals surface area contributed by atoms with Crippen LogP contribution in [-0.2, 0) is 14.3 Å². The molecule has 0 saturated carbocycles. The van der Waals surface area contributed by atoms with Gasteiger partial charge in [0.05, 0.1) is 12.7 Å². The van der Waals surface area contributed by atoms with Gasteiger partial charge in [0.1, 0.15) is 0 Å². The van der Waals surface area contributed by atoms with E-state index in [1.54, 1.807) is 0 Å². The van der Waals surface area contributed by atoms with Crippen molar-refractivity contribution in [1.82, 2.24) is 0 Å². The summed E-state index contributed by atoms with van der Waals surface area (Å²) < 4.78 is 9.33. The van der Waals surface area contributed by atoms with Crippen LogP contribution in [0, 0.1) is 0 Å². The lowest BCUT2D eigenvalue weighted by atomic mass is 10.1. The summed E-state index contributed by atoms with van der Waals surface area (Å²) in [5.41, 5.74) is 0.842. The average Bonchev–Trinajstić information content (AvgIpc) is 2.29. The fraction of sp³-hybridized carbons (Fsp3) is 0.273. The first-order valence-electron chi connectivity index (χ1n) is 4.54. The Balaban J connectivity index is 2.93. The number of benzene rings is 1. The van der Waals surface area contributed by atoms with Crippen LogP contribution < -0.4 is 0 Å². The molecule has 1 aromatic carbocycles. The topological polar surface area (TPSA) is 72.8 Å². The Morgan fingerprint density at radius 3 is 2.12 bits per heavy atom. The summed E-state index contributed by atoms with van der Waals surface area (Å²) >= 11 is 0. The number of aliphatic carboxylic acids is 1. The Bertz CT molecular complexity index is 382. The van der Waals surface area contributed by atoms with E-state index in [-0.39, 0.29) is 0 Å². The van der Waals surface area contributed by atoms with Crippen molar-refractivity contribution in [1.29, 1.82) is 0 Å². The fourth-order valence-electron chi connectivity index (χ4n) is 1.29. The normalized spacial score (nSPS) is 11.9. The first kappa shape index (κ1) is 12.2. The molecule has 86 valence electrons. The Morgan fingerprint density at radius 2 is 1.75 bits per heavy atom. The van der Waals surface area contributed by atoms with Gasteiger partial charge in [0.25, 0.3) is 0 Å². The molecule has 0 bridgehead atoms. The second kappa shape index (κ2) is 5.27. The van der Waals surface area contributed by atoms with Crippen molar-refractivity contribution in [2.75, 3.05) is 14.2 Å². The van der Waals surface area contributed by atoms with Crippen LogP contribution in [0.2, 0.25) is 0 Å². The zero-order chi connectivity index (χ0) is 12.1. The summed E-state index contributed by atoms with van der Waals surface area (Å²) in [7, 11) is 2.60. The second-order valence-corrected chi connectivity index (χ2v) is 3.07. The van der Waals surface area contributed by atoms with E-state index in [2.05, 4.69) is 4.74 Å². The number of carbonyl (C=O) groups excluding carboxylic acids is 1. The minimum Gasteiger partial charge on any atom is -0.479 e. The lowest BCUT2D eigenvalue weighted by Crippen LogP contribution is -2.13. The molecule has 0 aliphatic heterocycles. The molecule has 1 atom stereocenters. The van der Waals surface area contributed by atoms with Gasteiger partial charge in [0.2, 0.25) is 0 Å². The predicted molar refractivity (Wildman–Crippen MR) is 55.2 cm³/mol. The van der Waals surface area contributed by atoms with Crippen LogP contribution in [0.25, 0.3) is 0 Å². The largest absolute Gasteiger partial charge is 0.479 e. The van der Waals surface area contributed by atoms with Gasteiger partial charge >= 0.3 is 11.9 Å². The number of carboxylic acids is 1. The molecule has 0 aliphatic carbocycles. The monoisotopic (exact) mass is 224 g/mol. The summed E-state index contributed by atoms with van der Waals surface area (Å²) in [6, 6.07) is 6.04. The van der Waals surface area contributed by atoms with Crippen molar-refractivity contribution in [2.45, 2.75) is 6.10 Å². The van der Waals surface area contributed by atoms with Gasteiger partial charge in [-0.25, -0.2) is 9.59 Å². The highest BCUT2D eigenvalue weighted by atomic mass is 16.5. The molecule has 5 nitrogen and oxygen atoms in total. The molecule has 0 aromatic heterocycles. The summed E-state index contributed by atoms with van der Waals surface area (Å²) in [6.45, 7) is 0. The molecular formula is C11H12O5. The summed E-state index contributed by atoms with van der Waals surface area (Å²) in [5, 5.41) is 8.83. The second-order valence-electron chi connectivity index (χ2n) is 3.07. The number of carboxylic acid groups (broad SMARTS) is 1. The highest BCUT2D eigenvalue weighted by molar-refractivity contribution is 5.89. The van der Waals surface area contributed by atoms with Crippen LogP contribution in [0.4, 0.5) is 0 Å². The van der Waals surface area contributed by atoms with Crippen molar-refractivity contribution in [2.24, 2.45) is 0 Å². The first-order valence-corrected chi connectivity index (χ1v) is 4.54. The van der Waals surface area contributed by atoms with E-state index in [0.717, 1.165) is 0 Å². The number of methoxy groups -OCH3 is 2. The molecule has 0 amide bonds. The quantitative estimate of drug-likeness (QED) is 0.779. The Hall–Kier alpha value is -1.88. The SMILES string of the molecule is COC(=O)c1ccc(C(OC)C(=O)O)cc1. The molecule has 1 unspecified atom stereocenters. The van der Waals surface area contributed by atoms with Crippen molar-refractivity contribution in [3.63, 3.8) is 0 Å². The number of ether oxygens (including phenoxy) is 2. The van der Waals surface area contributed by atoms with Crippen LogP contribution in [0.15, 0.2) is 24.3 Å². The molecule has 0 spiro atoms. The van der Waals surface area contributed by atoms with Crippen LogP contribution in [-0.4, -0.2) is 31.3 Å². The number of hydrogen-bond acceptors (Lipinski definition) is 4. The maximum atomic E-state index is 11.1. The van der Waals surface area contributed by atoms with E-state index in [1.807, 2.05) is 0 Å². The van der Waals surface area contributed by atoms with Crippen LogP contribution in [0.1, 0.15) is 22.0 Å². The molecule has 0 radical (unpaired) electrons. The molecule has 1 rings (SSSR count). The van der Waals surface area contributed by atoms with E-state index >= 15 is 0 Å². The van der Waals surface area contributed by atoms with Gasteiger partial charge in [-0.05, 0) is 17.7 Å². The van der Waals surface area contributed by atoms with Gasteiger partial charge in [-0.2, -0.15) is 0 Å². The first-order chi connectivity index (χ1) is 7.60. The summed E-state index contributed by atoms with van der Waals surface area (Å²) in [5.74, 6) is -1.54. The molecule has 0 heterocycles. The van der Waals surface area contributed by atoms with E-state index in [1.165, 1.54) is 38.5 Å². The Morgan fingerprint density at radius 1 is 1.19 bits per heavy atom. The number of esters is 1. The standard InChI is InChI=1S/C11H12O5/c1-15-9(10(12)13)7-3-5-8(6-4-7)11(14)16-2/h3-6,9H,1-2H3,(H,12,13). The Kier molecular flexibility index (Phi) is 4.02. The zero-order valence-corrected chi connectivity index (χ0v) is 8.97. The third-order valence-corrected chi connectivity index (χ3v) is 2.09. The molecule has 0 saturated heterocycles. The van der Waals surface area contributed by atoms with Crippen LogP contribution in [0.5, 0.6) is 0 Å². The number of rotatable bonds is 4. The van der Waals surface area contributed by atoms with Gasteiger partial charge < -0.3 is 14.6 Å². The zero-order valence-electron chi connectivity index (χ0n) is 8.97. The lowest BCUT2D eigenvalue weighted by Gasteiger charge is -2.10. The minimum atomic E-state index is -1.08. The van der Waals surface area contributed by atoms with E-state index in [0.29, 0.717) is 11.1 Å². The van der Waals surface area contributed by atoms with Gasteiger partial charge in [-0.15, -0.1) is 0 Å². The number of carbonyl (C=O) groups is 2. The molecule has 1 N–H and O–H groups in total. The highest BCUT2D eigenvalue weighted by Gasteiger charge is 2.19. The van der Waals surface area contributed by atoms with Crippen LogP contribution in [0.3, 0.4) is 0 Å². The van der Waals surface area contributed by atoms with Gasteiger partial charge in [-0.3, -0.25) is 0 Å². The molecule has 0 fully saturated rings. The van der Waals surface area contributed by atoms with E-state index in [9.17, 15) is 9.59 Å². The summed E-state index contributed by atoms with van der Waals surface area (Å²) in [6.07, 6.45) is -1.02. The predicted octanol–water partition coefficient (Wildman–Crippen LogP) is 1.25. The van der Waals surface area contributed by atoms with Gasteiger partial charge in [0.15, 0.2) is 6.10 Å². The molecular weight excluding hydrogens is 212 g/mol. The van der Waals surface area contributed by atoms with E-state index < -0.39 is 18.0 Å². The van der Waals surface area contributed by atoms with Gasteiger partial charge in [0, 0.05) is 7.11 Å². The van der Waals surface area contributed by atoms with Gasteiger partial charge in [-0.1, -0.05) is 12.1 Å². The summed E-state index contributed by atoms with van der Waals surface area (Å²) in [4.78, 5) is 21.9. The van der Waals surface area contributed by atoms with Crippen molar-refractivity contribution < 1.29 is 24.2 Å². The van der Waals surface area contributed by atoms with Crippen molar-refractivity contribution in [3.8, 4) is 0 Å². The highest BCUT2D eigenvalue weighted by Crippen LogP contribution is 2.17. The molecule has 1 aromatic rings. The maximum Gasteiger partial charge on any atom is 0.337 e. The smallest absolute Gasteiger partial charge is 0.337 e. The Labute approximate surface area is 92.6 Å². The van der Waals surface area contributed by atoms with Crippen molar-refractivity contribution in [3.05, 3.63) is 35.4 Å². The minimum absolute atomic E-state index is 0.367. The molecule has 5 heteroatoms. The number of hydrogen-bond donors (Lipinski definition) is 1. The molecule has 0 aliphatic rings. The van der Waals surface area contributed by atoms with Crippen molar-refractivity contribution >= 4 is 11.9 Å². The third-order valence-electron chi connectivity index (χ3n) is 2.09. The molecule has 16 heavy (non-hydrogen) atoms. The third kappa shape index (κ3) is 2.58.